The normalized spacial score (nSPS) is 22.0. The van der Waals surface area contributed by atoms with Crippen molar-refractivity contribution in [2.24, 2.45) is 5.92 Å². The van der Waals surface area contributed by atoms with E-state index in [2.05, 4.69) is 23.1 Å². The van der Waals surface area contributed by atoms with Crippen LogP contribution < -0.4 is 0 Å². The van der Waals surface area contributed by atoms with Crippen LogP contribution >= 0.6 is 0 Å². The number of carbonyl (C=O) groups excluding carboxylic acids is 1. The number of benzene rings is 1. The second-order valence-electron chi connectivity index (χ2n) is 6.28. The average Bonchev–Trinajstić information content (AvgIpc) is 2.95. The van der Waals surface area contributed by atoms with E-state index in [9.17, 15) is 4.79 Å². The fourth-order valence-corrected chi connectivity index (χ4v) is 3.63. The van der Waals surface area contributed by atoms with Crippen LogP contribution in [-0.4, -0.2) is 30.6 Å². The molecule has 3 rings (SSSR count). The van der Waals surface area contributed by atoms with Crippen molar-refractivity contribution in [1.29, 1.82) is 0 Å². The lowest BCUT2D eigenvalue weighted by molar-refractivity contribution is -0.150. The summed E-state index contributed by atoms with van der Waals surface area (Å²) in [4.78, 5) is 14.3. The molecule has 114 valence electrons. The second-order valence-corrected chi connectivity index (χ2v) is 6.28. The zero-order valence-corrected chi connectivity index (χ0v) is 12.9. The van der Waals surface area contributed by atoms with E-state index < -0.39 is 0 Å². The van der Waals surface area contributed by atoms with Crippen LogP contribution in [0.4, 0.5) is 0 Å². The van der Waals surface area contributed by atoms with Crippen molar-refractivity contribution in [2.45, 2.75) is 45.6 Å². The number of hydrogen-bond donors (Lipinski definition) is 0. The fourth-order valence-electron chi connectivity index (χ4n) is 3.63. The quantitative estimate of drug-likeness (QED) is 0.797. The number of likely N-dealkylation sites (tertiary alicyclic amines) is 1. The first-order chi connectivity index (χ1) is 10.3. The van der Waals surface area contributed by atoms with Crippen LogP contribution in [0.5, 0.6) is 0 Å². The molecule has 3 nitrogen and oxygen atoms in total. The molecule has 1 aliphatic heterocycles. The summed E-state index contributed by atoms with van der Waals surface area (Å²) >= 11 is 0. The van der Waals surface area contributed by atoms with Crippen molar-refractivity contribution in [3.05, 3.63) is 34.9 Å². The smallest absolute Gasteiger partial charge is 0.310 e. The Hall–Kier alpha value is -1.35. The number of ether oxygens (including phenoxy) is 1. The number of hydrogen-bond acceptors (Lipinski definition) is 3. The Labute approximate surface area is 127 Å². The van der Waals surface area contributed by atoms with E-state index in [1.54, 1.807) is 0 Å². The molecule has 0 amide bonds. The Bertz CT molecular complexity index is 512. The highest BCUT2D eigenvalue weighted by Crippen LogP contribution is 2.25. The molecule has 3 heteroatoms. The maximum atomic E-state index is 11.9. The van der Waals surface area contributed by atoms with Gasteiger partial charge in [-0.25, -0.2) is 0 Å². The third-order valence-corrected chi connectivity index (χ3v) is 4.69. The van der Waals surface area contributed by atoms with E-state index in [-0.39, 0.29) is 11.9 Å². The molecule has 1 atom stereocenters. The van der Waals surface area contributed by atoms with Crippen LogP contribution in [0.3, 0.4) is 0 Å². The summed E-state index contributed by atoms with van der Waals surface area (Å²) in [5.74, 6) is 0.0456. The molecule has 0 unspecified atom stereocenters. The molecule has 0 radical (unpaired) electrons. The van der Waals surface area contributed by atoms with Gasteiger partial charge in [-0.3, -0.25) is 9.69 Å². The molecular formula is C18H25NO2. The standard InChI is InChI=1S/C18H25NO2/c1-2-21-18(20)17-7-4-10-19(13-17)12-14-8-9-15-5-3-6-16(15)11-14/h8-9,11,17H,2-7,10,12-13H2,1H3/t17-/m1/s1. The minimum absolute atomic E-state index is 0.0175. The van der Waals surface area contributed by atoms with Gasteiger partial charge >= 0.3 is 5.97 Å². The molecule has 0 N–H and O–H groups in total. The lowest BCUT2D eigenvalue weighted by Crippen LogP contribution is -2.38. The second kappa shape index (κ2) is 6.61. The number of esters is 1. The van der Waals surface area contributed by atoms with Gasteiger partial charge in [0.15, 0.2) is 0 Å². The van der Waals surface area contributed by atoms with Gasteiger partial charge in [-0.15, -0.1) is 0 Å². The van der Waals surface area contributed by atoms with Gasteiger partial charge in [0.1, 0.15) is 0 Å². The Kier molecular flexibility index (Phi) is 4.59. The van der Waals surface area contributed by atoms with E-state index in [1.807, 2.05) is 6.92 Å². The highest BCUT2D eigenvalue weighted by atomic mass is 16.5. The zero-order valence-electron chi connectivity index (χ0n) is 12.9. The van der Waals surface area contributed by atoms with Crippen LogP contribution in [0.1, 0.15) is 42.9 Å². The van der Waals surface area contributed by atoms with Gasteiger partial charge in [-0.2, -0.15) is 0 Å². The Morgan fingerprint density at radius 3 is 3.00 bits per heavy atom. The average molecular weight is 287 g/mol. The highest BCUT2D eigenvalue weighted by Gasteiger charge is 2.26. The van der Waals surface area contributed by atoms with Crippen molar-refractivity contribution < 1.29 is 9.53 Å². The molecule has 0 aromatic heterocycles. The predicted octanol–water partition coefficient (Wildman–Crippen LogP) is 2.95. The molecule has 0 spiro atoms. The van der Waals surface area contributed by atoms with Gasteiger partial charge in [-0.1, -0.05) is 18.2 Å². The molecular weight excluding hydrogens is 262 g/mol. The van der Waals surface area contributed by atoms with Gasteiger partial charge in [0.2, 0.25) is 0 Å². The summed E-state index contributed by atoms with van der Waals surface area (Å²) in [6.45, 7) is 5.26. The van der Waals surface area contributed by atoms with Crippen molar-refractivity contribution in [3.63, 3.8) is 0 Å². The van der Waals surface area contributed by atoms with Crippen LogP contribution in [-0.2, 0) is 28.9 Å². The summed E-state index contributed by atoms with van der Waals surface area (Å²) in [6, 6.07) is 6.93. The number of rotatable bonds is 4. The lowest BCUT2D eigenvalue weighted by Gasteiger charge is -2.31. The summed E-state index contributed by atoms with van der Waals surface area (Å²) in [7, 11) is 0. The monoisotopic (exact) mass is 287 g/mol. The van der Waals surface area contributed by atoms with Crippen LogP contribution in [0, 0.1) is 5.92 Å². The summed E-state index contributed by atoms with van der Waals surface area (Å²) < 4.78 is 5.17. The number of carbonyl (C=O) groups is 1. The van der Waals surface area contributed by atoms with E-state index in [0.29, 0.717) is 6.61 Å². The first kappa shape index (κ1) is 14.6. The van der Waals surface area contributed by atoms with Crippen LogP contribution in [0.25, 0.3) is 0 Å². The third-order valence-electron chi connectivity index (χ3n) is 4.69. The van der Waals surface area contributed by atoms with Gasteiger partial charge < -0.3 is 4.74 Å². The third kappa shape index (κ3) is 3.46. The minimum Gasteiger partial charge on any atom is -0.466 e. The maximum absolute atomic E-state index is 11.9. The van der Waals surface area contributed by atoms with Gasteiger partial charge in [-0.05, 0) is 62.3 Å². The molecule has 1 saturated heterocycles. The molecule has 2 aliphatic rings. The van der Waals surface area contributed by atoms with Crippen molar-refractivity contribution in [3.8, 4) is 0 Å². The number of nitrogens with zero attached hydrogens (tertiary/aromatic N) is 1. The summed E-state index contributed by atoms with van der Waals surface area (Å²) in [5.41, 5.74) is 4.45. The van der Waals surface area contributed by atoms with Crippen molar-refractivity contribution >= 4 is 5.97 Å². The number of aryl methyl sites for hydroxylation is 2. The largest absolute Gasteiger partial charge is 0.466 e. The Morgan fingerprint density at radius 2 is 2.14 bits per heavy atom. The Morgan fingerprint density at radius 1 is 1.29 bits per heavy atom. The SMILES string of the molecule is CCOC(=O)[C@@H]1CCCN(Cc2ccc3c(c2)CCC3)C1. The summed E-state index contributed by atoms with van der Waals surface area (Å²) in [6.07, 6.45) is 5.83. The van der Waals surface area contributed by atoms with Gasteiger partial charge in [0.05, 0.1) is 12.5 Å². The van der Waals surface area contributed by atoms with E-state index >= 15 is 0 Å². The van der Waals surface area contributed by atoms with E-state index in [1.165, 1.54) is 36.0 Å². The Balaban J connectivity index is 1.61. The lowest BCUT2D eigenvalue weighted by atomic mass is 9.97. The highest BCUT2D eigenvalue weighted by molar-refractivity contribution is 5.72. The molecule has 1 fully saturated rings. The molecule has 1 aromatic rings. The van der Waals surface area contributed by atoms with Gasteiger partial charge in [0.25, 0.3) is 0 Å². The molecule has 21 heavy (non-hydrogen) atoms. The topological polar surface area (TPSA) is 29.5 Å². The van der Waals surface area contributed by atoms with E-state index in [4.69, 9.17) is 4.74 Å². The van der Waals surface area contributed by atoms with Crippen molar-refractivity contribution in [2.75, 3.05) is 19.7 Å². The molecule has 1 aromatic carbocycles. The minimum atomic E-state index is -0.0175. The number of fused-ring (bicyclic) bond motifs is 1. The van der Waals surface area contributed by atoms with E-state index in [0.717, 1.165) is 32.5 Å². The molecule has 1 aliphatic carbocycles. The molecule has 0 saturated carbocycles. The summed E-state index contributed by atoms with van der Waals surface area (Å²) in [5, 5.41) is 0. The molecule has 0 bridgehead atoms. The van der Waals surface area contributed by atoms with Crippen LogP contribution in [0.15, 0.2) is 18.2 Å². The zero-order chi connectivity index (χ0) is 14.7. The number of piperidine rings is 1. The maximum Gasteiger partial charge on any atom is 0.310 e. The predicted molar refractivity (Wildman–Crippen MR) is 83.1 cm³/mol. The van der Waals surface area contributed by atoms with Gasteiger partial charge in [0, 0.05) is 13.1 Å². The van der Waals surface area contributed by atoms with Crippen LogP contribution in [0.2, 0.25) is 0 Å². The first-order valence-corrected chi connectivity index (χ1v) is 8.26. The van der Waals surface area contributed by atoms with Crippen molar-refractivity contribution in [1.82, 2.24) is 4.90 Å². The molecule has 1 heterocycles. The fraction of sp³-hybridized carbons (Fsp3) is 0.611. The first-order valence-electron chi connectivity index (χ1n) is 8.26.